The van der Waals surface area contributed by atoms with Crippen LogP contribution < -0.4 is 0 Å². The molecule has 1 aromatic carbocycles. The molecule has 0 aliphatic carbocycles. The van der Waals surface area contributed by atoms with Crippen molar-refractivity contribution in [3.8, 4) is 6.07 Å². The minimum atomic E-state index is -3.99. The molecule has 1 saturated heterocycles. The van der Waals surface area contributed by atoms with Crippen molar-refractivity contribution in [2.45, 2.75) is 23.8 Å². The molecule has 0 aromatic heterocycles. The van der Waals surface area contributed by atoms with Crippen LogP contribution in [0.5, 0.6) is 0 Å². The lowest BCUT2D eigenvalue weighted by Gasteiger charge is -2.20. The number of sulfonamides is 1. The van der Waals surface area contributed by atoms with E-state index in [9.17, 15) is 12.8 Å². The Morgan fingerprint density at radius 3 is 2.74 bits per heavy atom. The normalized spacial score (nSPS) is 20.4. The molecule has 1 fully saturated rings. The van der Waals surface area contributed by atoms with Crippen LogP contribution in [0.25, 0.3) is 0 Å². The van der Waals surface area contributed by atoms with E-state index in [1.54, 1.807) is 0 Å². The molecule has 0 bridgehead atoms. The zero-order chi connectivity index (χ0) is 14.2. The second kappa shape index (κ2) is 5.25. The molecular formula is C11H9Cl2FN2O2S. The fourth-order valence-electron chi connectivity index (χ4n) is 1.99. The van der Waals surface area contributed by atoms with Crippen molar-refractivity contribution >= 4 is 33.2 Å². The molecule has 2 rings (SSSR count). The monoisotopic (exact) mass is 322 g/mol. The van der Waals surface area contributed by atoms with Crippen molar-refractivity contribution in [2.75, 3.05) is 6.54 Å². The molecule has 0 N–H and O–H groups in total. The van der Waals surface area contributed by atoms with Crippen molar-refractivity contribution in [3.63, 3.8) is 0 Å². The Kier molecular flexibility index (Phi) is 4.02. The largest absolute Gasteiger partial charge is 0.245 e. The highest BCUT2D eigenvalue weighted by Gasteiger charge is 2.37. The zero-order valence-corrected chi connectivity index (χ0v) is 11.9. The van der Waals surface area contributed by atoms with Crippen LogP contribution in [0.1, 0.15) is 12.8 Å². The summed E-state index contributed by atoms with van der Waals surface area (Å²) in [5, 5.41) is 8.14. The van der Waals surface area contributed by atoms with E-state index in [-0.39, 0.29) is 16.5 Å². The maximum atomic E-state index is 13.6. The topological polar surface area (TPSA) is 61.2 Å². The molecule has 19 heavy (non-hydrogen) atoms. The van der Waals surface area contributed by atoms with Crippen LogP contribution in [0, 0.1) is 17.1 Å². The molecule has 0 radical (unpaired) electrons. The van der Waals surface area contributed by atoms with E-state index in [0.717, 1.165) is 16.4 Å². The number of benzene rings is 1. The van der Waals surface area contributed by atoms with Gasteiger partial charge in [-0.2, -0.15) is 9.57 Å². The van der Waals surface area contributed by atoms with E-state index in [1.807, 2.05) is 6.07 Å². The van der Waals surface area contributed by atoms with Gasteiger partial charge in [0.2, 0.25) is 10.0 Å². The first-order valence-corrected chi connectivity index (χ1v) is 7.64. The second-order valence-electron chi connectivity index (χ2n) is 4.08. The Morgan fingerprint density at radius 1 is 1.42 bits per heavy atom. The first kappa shape index (κ1) is 14.5. The lowest BCUT2D eigenvalue weighted by molar-refractivity contribution is 0.437. The van der Waals surface area contributed by atoms with E-state index in [2.05, 4.69) is 0 Å². The second-order valence-corrected chi connectivity index (χ2v) is 6.72. The molecule has 1 aliphatic rings. The van der Waals surface area contributed by atoms with Gasteiger partial charge in [-0.05, 0) is 25.0 Å². The predicted octanol–water partition coefficient (Wildman–Crippen LogP) is 2.81. The molecule has 8 heteroatoms. The van der Waals surface area contributed by atoms with Gasteiger partial charge in [-0.15, -0.1) is 0 Å². The highest BCUT2D eigenvalue weighted by molar-refractivity contribution is 7.89. The molecule has 1 atom stereocenters. The van der Waals surface area contributed by atoms with Crippen LogP contribution in [0.4, 0.5) is 4.39 Å². The maximum absolute atomic E-state index is 13.6. The molecular weight excluding hydrogens is 314 g/mol. The number of hydrogen-bond acceptors (Lipinski definition) is 3. The smallest absolute Gasteiger partial charge is 0.207 e. The molecule has 4 nitrogen and oxygen atoms in total. The molecule has 1 aliphatic heterocycles. The molecule has 1 aromatic rings. The Hall–Kier alpha value is -0.870. The van der Waals surface area contributed by atoms with Crippen LogP contribution >= 0.6 is 23.2 Å². The van der Waals surface area contributed by atoms with Gasteiger partial charge in [0, 0.05) is 6.54 Å². The Bertz CT molecular complexity index is 657. The summed E-state index contributed by atoms with van der Waals surface area (Å²) in [6.07, 6.45) is 1.05. The van der Waals surface area contributed by atoms with Gasteiger partial charge in [0.25, 0.3) is 0 Å². The first-order valence-electron chi connectivity index (χ1n) is 5.44. The molecule has 1 unspecified atom stereocenters. The van der Waals surface area contributed by atoms with Crippen molar-refractivity contribution in [1.29, 1.82) is 5.26 Å². The minimum Gasteiger partial charge on any atom is -0.207 e. The van der Waals surface area contributed by atoms with Crippen LogP contribution in [0.2, 0.25) is 10.0 Å². The summed E-state index contributed by atoms with van der Waals surface area (Å²) in [4.78, 5) is -0.363. The first-order chi connectivity index (χ1) is 8.89. The highest BCUT2D eigenvalue weighted by Crippen LogP contribution is 2.33. The predicted molar refractivity (Wildman–Crippen MR) is 68.9 cm³/mol. The van der Waals surface area contributed by atoms with E-state index >= 15 is 0 Å². The summed E-state index contributed by atoms with van der Waals surface area (Å²) in [7, 11) is -3.99. The molecule has 1 heterocycles. The van der Waals surface area contributed by atoms with Gasteiger partial charge in [0.1, 0.15) is 10.9 Å². The lowest BCUT2D eigenvalue weighted by Crippen LogP contribution is -2.34. The third-order valence-corrected chi connectivity index (χ3v) is 5.66. The zero-order valence-electron chi connectivity index (χ0n) is 9.61. The summed E-state index contributed by atoms with van der Waals surface area (Å²) < 4.78 is 39.4. The van der Waals surface area contributed by atoms with Crippen molar-refractivity contribution in [3.05, 3.63) is 28.0 Å². The van der Waals surface area contributed by atoms with E-state index in [1.165, 1.54) is 0 Å². The fraction of sp³-hybridized carbons (Fsp3) is 0.364. The van der Waals surface area contributed by atoms with Crippen molar-refractivity contribution < 1.29 is 12.8 Å². The SMILES string of the molecule is N#CC1CCCN1S(=O)(=O)c1ccc(Cl)c(F)c1Cl. The molecule has 0 saturated carbocycles. The lowest BCUT2D eigenvalue weighted by atomic mass is 10.2. The van der Waals surface area contributed by atoms with Gasteiger partial charge in [-0.3, -0.25) is 0 Å². The average Bonchev–Trinajstić information content (AvgIpc) is 2.84. The Balaban J connectivity index is 2.52. The number of halogens is 3. The molecule has 102 valence electrons. The number of rotatable bonds is 2. The van der Waals surface area contributed by atoms with Gasteiger partial charge in [-0.25, -0.2) is 12.8 Å². The van der Waals surface area contributed by atoms with E-state index < -0.39 is 26.9 Å². The van der Waals surface area contributed by atoms with Gasteiger partial charge in [-0.1, -0.05) is 23.2 Å². The standard InChI is InChI=1S/C11H9Cl2FN2O2S/c12-8-3-4-9(10(13)11(8)14)19(17,18)16-5-1-2-7(16)6-15/h3-4,7H,1-2,5H2. The van der Waals surface area contributed by atoms with Gasteiger partial charge in [0.15, 0.2) is 5.82 Å². The van der Waals surface area contributed by atoms with E-state index in [4.69, 9.17) is 28.5 Å². The van der Waals surface area contributed by atoms with Crippen LogP contribution in [0.3, 0.4) is 0 Å². The van der Waals surface area contributed by atoms with Gasteiger partial charge in [0.05, 0.1) is 16.1 Å². The van der Waals surface area contributed by atoms with E-state index in [0.29, 0.717) is 12.8 Å². The third-order valence-electron chi connectivity index (χ3n) is 2.94. The van der Waals surface area contributed by atoms with Crippen LogP contribution in [-0.2, 0) is 10.0 Å². The Morgan fingerprint density at radius 2 is 2.11 bits per heavy atom. The van der Waals surface area contributed by atoms with Crippen LogP contribution in [0.15, 0.2) is 17.0 Å². The Labute approximate surface area is 120 Å². The maximum Gasteiger partial charge on any atom is 0.245 e. The average molecular weight is 323 g/mol. The number of hydrogen-bond donors (Lipinski definition) is 0. The van der Waals surface area contributed by atoms with Crippen molar-refractivity contribution in [2.24, 2.45) is 0 Å². The minimum absolute atomic E-state index is 0.223. The number of nitrogens with zero attached hydrogens (tertiary/aromatic N) is 2. The molecule has 0 spiro atoms. The third kappa shape index (κ3) is 2.43. The fourth-order valence-corrected chi connectivity index (χ4v) is 4.32. The summed E-state index contributed by atoms with van der Waals surface area (Å²) in [5.41, 5.74) is 0. The van der Waals surface area contributed by atoms with Gasteiger partial charge >= 0.3 is 0 Å². The summed E-state index contributed by atoms with van der Waals surface area (Å²) in [6.45, 7) is 0.223. The quantitative estimate of drug-likeness (QED) is 0.786. The van der Waals surface area contributed by atoms with Gasteiger partial charge < -0.3 is 0 Å². The highest BCUT2D eigenvalue weighted by atomic mass is 35.5. The molecule has 0 amide bonds. The summed E-state index contributed by atoms with van der Waals surface area (Å²) >= 11 is 11.2. The van der Waals surface area contributed by atoms with Crippen LogP contribution in [-0.4, -0.2) is 25.3 Å². The van der Waals surface area contributed by atoms with Crippen molar-refractivity contribution in [1.82, 2.24) is 4.31 Å². The summed E-state index contributed by atoms with van der Waals surface area (Å²) in [5.74, 6) is -0.975. The number of nitriles is 1. The summed E-state index contributed by atoms with van der Waals surface area (Å²) in [6, 6.07) is 3.46.